The Balaban J connectivity index is 2.70. The van der Waals surface area contributed by atoms with E-state index in [4.69, 9.17) is 5.73 Å². The van der Waals surface area contributed by atoms with Crippen molar-refractivity contribution in [1.29, 1.82) is 0 Å². The van der Waals surface area contributed by atoms with Crippen molar-refractivity contribution >= 4 is 10.8 Å². The van der Waals surface area contributed by atoms with Crippen molar-refractivity contribution in [2.45, 2.75) is 45.6 Å². The van der Waals surface area contributed by atoms with E-state index in [2.05, 4.69) is 45.0 Å². The second kappa shape index (κ2) is 6.48. The van der Waals surface area contributed by atoms with Gasteiger partial charge in [0.15, 0.2) is 0 Å². The molecule has 0 aliphatic carbocycles. The Labute approximate surface area is 113 Å². The van der Waals surface area contributed by atoms with Crippen molar-refractivity contribution in [3.63, 3.8) is 0 Å². The summed E-state index contributed by atoms with van der Waals surface area (Å²) in [6, 6.07) is 8.25. The molecule has 1 aromatic rings. The van der Waals surface area contributed by atoms with Crippen LogP contribution in [-0.2, 0) is 16.2 Å². The fourth-order valence-electron chi connectivity index (χ4n) is 1.84. The lowest BCUT2D eigenvalue weighted by atomic mass is 9.86. The van der Waals surface area contributed by atoms with Crippen molar-refractivity contribution < 1.29 is 4.21 Å². The summed E-state index contributed by atoms with van der Waals surface area (Å²) in [5, 5.41) is 0. The van der Waals surface area contributed by atoms with E-state index in [0.717, 1.165) is 17.7 Å². The first kappa shape index (κ1) is 15.4. The predicted octanol–water partition coefficient (Wildman–Crippen LogP) is 3.14. The Morgan fingerprint density at radius 3 is 2.22 bits per heavy atom. The first-order valence-electron chi connectivity index (χ1n) is 6.55. The number of hydrogen-bond donors (Lipinski definition) is 1. The van der Waals surface area contributed by atoms with Crippen LogP contribution in [-0.4, -0.2) is 15.7 Å². The second-order valence-corrected chi connectivity index (χ2v) is 7.41. The Hall–Kier alpha value is -0.670. The van der Waals surface area contributed by atoms with Gasteiger partial charge in [0.1, 0.15) is 0 Å². The summed E-state index contributed by atoms with van der Waals surface area (Å²) in [6.45, 7) is 8.62. The van der Waals surface area contributed by atoms with Crippen LogP contribution in [0.5, 0.6) is 0 Å². The van der Waals surface area contributed by atoms with E-state index in [-0.39, 0.29) is 11.5 Å². The molecule has 1 aromatic carbocycles. The molecule has 1 rings (SSSR count). The quantitative estimate of drug-likeness (QED) is 0.890. The molecular weight excluding hydrogens is 242 g/mol. The van der Waals surface area contributed by atoms with Crippen molar-refractivity contribution in [1.82, 2.24) is 0 Å². The molecule has 0 radical (unpaired) electrons. The predicted molar refractivity (Wildman–Crippen MR) is 80.2 cm³/mol. The van der Waals surface area contributed by atoms with Crippen molar-refractivity contribution in [2.24, 2.45) is 5.73 Å². The molecular formula is C15H25NOS. The topological polar surface area (TPSA) is 43.1 Å². The summed E-state index contributed by atoms with van der Waals surface area (Å²) in [7, 11) is -0.798. The van der Waals surface area contributed by atoms with Crippen LogP contribution in [0, 0.1) is 0 Å². The number of hydrogen-bond acceptors (Lipinski definition) is 2. The molecule has 0 aliphatic rings. The largest absolute Gasteiger partial charge is 0.323 e. The Kier molecular flexibility index (Phi) is 5.54. The third-order valence-electron chi connectivity index (χ3n) is 3.00. The van der Waals surface area contributed by atoms with Crippen molar-refractivity contribution in [3.8, 4) is 0 Å². The molecule has 0 saturated carbocycles. The van der Waals surface area contributed by atoms with E-state index in [0.29, 0.717) is 5.75 Å². The average Bonchev–Trinajstić information content (AvgIpc) is 2.28. The van der Waals surface area contributed by atoms with Gasteiger partial charge in [0, 0.05) is 28.3 Å². The number of benzene rings is 1. The first-order valence-corrected chi connectivity index (χ1v) is 8.04. The van der Waals surface area contributed by atoms with Crippen LogP contribution in [0.15, 0.2) is 24.3 Å². The summed E-state index contributed by atoms with van der Waals surface area (Å²) in [4.78, 5) is 0. The molecule has 0 heterocycles. The molecule has 0 amide bonds. The van der Waals surface area contributed by atoms with Gasteiger partial charge in [0.25, 0.3) is 0 Å². The third kappa shape index (κ3) is 4.54. The van der Waals surface area contributed by atoms with Gasteiger partial charge in [-0.3, -0.25) is 4.21 Å². The van der Waals surface area contributed by atoms with Crippen LogP contribution in [0.25, 0.3) is 0 Å². The maximum atomic E-state index is 11.7. The van der Waals surface area contributed by atoms with Crippen molar-refractivity contribution in [3.05, 3.63) is 35.4 Å². The number of nitrogens with two attached hydrogens (primary N) is 1. The highest BCUT2D eigenvalue weighted by atomic mass is 32.2. The standard InChI is InChI=1S/C15H25NOS/c1-5-10-18(17)11-14(16)12-6-8-13(9-7-12)15(2,3)4/h6-9,14H,5,10-11,16H2,1-4H3. The van der Waals surface area contributed by atoms with Gasteiger partial charge in [-0.15, -0.1) is 0 Å². The fraction of sp³-hybridized carbons (Fsp3) is 0.600. The molecule has 3 heteroatoms. The molecule has 0 aliphatic heterocycles. The normalized spacial score (nSPS) is 15.4. The Bertz CT molecular complexity index is 392. The van der Waals surface area contributed by atoms with Crippen LogP contribution in [0.3, 0.4) is 0 Å². The molecule has 0 spiro atoms. The summed E-state index contributed by atoms with van der Waals surface area (Å²) in [5.74, 6) is 1.30. The van der Waals surface area contributed by atoms with Gasteiger partial charge in [-0.05, 0) is 23.0 Å². The monoisotopic (exact) mass is 267 g/mol. The molecule has 2 atom stereocenters. The van der Waals surface area contributed by atoms with E-state index in [1.54, 1.807) is 0 Å². The van der Waals surface area contributed by atoms with Crippen LogP contribution in [0.1, 0.15) is 51.3 Å². The zero-order chi connectivity index (χ0) is 13.8. The zero-order valence-corrected chi connectivity index (χ0v) is 12.7. The first-order chi connectivity index (χ1) is 8.34. The lowest BCUT2D eigenvalue weighted by Gasteiger charge is -2.20. The molecule has 18 heavy (non-hydrogen) atoms. The van der Waals surface area contributed by atoms with E-state index < -0.39 is 10.8 Å². The Morgan fingerprint density at radius 1 is 1.22 bits per heavy atom. The molecule has 2 N–H and O–H groups in total. The molecule has 0 saturated heterocycles. The van der Waals surface area contributed by atoms with E-state index in [1.807, 2.05) is 6.92 Å². The molecule has 102 valence electrons. The van der Waals surface area contributed by atoms with Gasteiger partial charge in [-0.25, -0.2) is 0 Å². The lowest BCUT2D eigenvalue weighted by molar-refractivity contribution is 0.589. The van der Waals surface area contributed by atoms with Gasteiger partial charge >= 0.3 is 0 Å². The molecule has 2 nitrogen and oxygen atoms in total. The average molecular weight is 267 g/mol. The molecule has 2 unspecified atom stereocenters. The van der Waals surface area contributed by atoms with Gasteiger partial charge in [0.05, 0.1) is 0 Å². The van der Waals surface area contributed by atoms with Gasteiger partial charge in [-0.2, -0.15) is 0 Å². The highest BCUT2D eigenvalue weighted by Crippen LogP contribution is 2.23. The van der Waals surface area contributed by atoms with Crippen molar-refractivity contribution in [2.75, 3.05) is 11.5 Å². The van der Waals surface area contributed by atoms with Crippen LogP contribution in [0.2, 0.25) is 0 Å². The van der Waals surface area contributed by atoms with E-state index >= 15 is 0 Å². The summed E-state index contributed by atoms with van der Waals surface area (Å²) in [6.07, 6.45) is 0.947. The van der Waals surface area contributed by atoms with Crippen LogP contribution >= 0.6 is 0 Å². The minimum absolute atomic E-state index is 0.119. The van der Waals surface area contributed by atoms with Gasteiger partial charge in [-0.1, -0.05) is 52.0 Å². The summed E-state index contributed by atoms with van der Waals surface area (Å²) >= 11 is 0. The minimum Gasteiger partial charge on any atom is -0.323 e. The van der Waals surface area contributed by atoms with E-state index in [1.165, 1.54) is 5.56 Å². The van der Waals surface area contributed by atoms with Crippen LogP contribution < -0.4 is 5.73 Å². The highest BCUT2D eigenvalue weighted by molar-refractivity contribution is 7.85. The minimum atomic E-state index is -0.798. The van der Waals surface area contributed by atoms with Crippen LogP contribution in [0.4, 0.5) is 0 Å². The second-order valence-electron chi connectivity index (χ2n) is 5.79. The number of rotatable bonds is 5. The smallest absolute Gasteiger partial charge is 0.0428 e. The summed E-state index contributed by atoms with van der Waals surface area (Å²) < 4.78 is 11.7. The van der Waals surface area contributed by atoms with E-state index in [9.17, 15) is 4.21 Å². The molecule has 0 fully saturated rings. The highest BCUT2D eigenvalue weighted by Gasteiger charge is 2.15. The fourth-order valence-corrected chi connectivity index (χ4v) is 3.05. The zero-order valence-electron chi connectivity index (χ0n) is 11.9. The maximum Gasteiger partial charge on any atom is 0.0428 e. The third-order valence-corrected chi connectivity index (χ3v) is 4.60. The Morgan fingerprint density at radius 2 is 1.78 bits per heavy atom. The summed E-state index contributed by atoms with van der Waals surface area (Å²) in [5.41, 5.74) is 8.63. The SMILES string of the molecule is CCCS(=O)CC(N)c1ccc(C(C)(C)C)cc1. The molecule has 0 aromatic heterocycles. The van der Waals surface area contributed by atoms with Gasteiger partial charge in [0.2, 0.25) is 0 Å². The molecule has 0 bridgehead atoms. The lowest BCUT2D eigenvalue weighted by Crippen LogP contribution is -2.20. The van der Waals surface area contributed by atoms with Gasteiger partial charge < -0.3 is 5.73 Å². The maximum absolute atomic E-state index is 11.7.